The number of hydrogen-bond acceptors (Lipinski definition) is 5. The fraction of sp³-hybridized carbons (Fsp3) is 0.438. The van der Waals surface area contributed by atoms with E-state index in [1.807, 2.05) is 19.1 Å². The third kappa shape index (κ3) is 4.52. The predicted molar refractivity (Wildman–Crippen MR) is 87.1 cm³/mol. The lowest BCUT2D eigenvalue weighted by Gasteiger charge is -2.05. The summed E-state index contributed by atoms with van der Waals surface area (Å²) in [6, 6.07) is 6.14. The molecule has 1 heterocycles. The summed E-state index contributed by atoms with van der Waals surface area (Å²) in [5, 5.41) is 15.2. The Morgan fingerprint density at radius 3 is 2.90 bits per heavy atom. The van der Waals surface area contributed by atoms with Crippen LogP contribution in [-0.4, -0.2) is 36.9 Å². The third-order valence-corrected chi connectivity index (χ3v) is 4.18. The number of aliphatic hydroxyl groups is 1. The molecule has 2 N–H and O–H groups in total. The highest BCUT2D eigenvalue weighted by atomic mass is 32.1. The number of benzene rings is 1. The molecule has 0 aliphatic carbocycles. The molecule has 0 aliphatic heterocycles. The van der Waals surface area contributed by atoms with Gasteiger partial charge in [0, 0.05) is 30.5 Å². The maximum Gasteiger partial charge on any atom is 0.121 e. The number of nitrogens with one attached hydrogen (secondary N) is 1. The molecule has 0 saturated carbocycles. The predicted octanol–water partition coefficient (Wildman–Crippen LogP) is 2.64. The topological polar surface area (TPSA) is 54.4 Å². The van der Waals surface area contributed by atoms with E-state index >= 15 is 0 Å². The fourth-order valence-electron chi connectivity index (χ4n) is 2.12. The highest BCUT2D eigenvalue weighted by molar-refractivity contribution is 7.09. The van der Waals surface area contributed by atoms with Crippen molar-refractivity contribution in [1.29, 1.82) is 0 Å². The molecule has 0 aliphatic rings. The van der Waals surface area contributed by atoms with Crippen LogP contribution < -0.4 is 10.1 Å². The van der Waals surface area contributed by atoms with E-state index in [1.165, 1.54) is 0 Å². The van der Waals surface area contributed by atoms with Gasteiger partial charge in [-0.1, -0.05) is 0 Å². The van der Waals surface area contributed by atoms with Crippen molar-refractivity contribution < 1.29 is 9.84 Å². The third-order valence-electron chi connectivity index (χ3n) is 3.27. The minimum absolute atomic E-state index is 0.241. The molecule has 0 radical (unpaired) electrons. The first-order chi connectivity index (χ1) is 10.2. The van der Waals surface area contributed by atoms with Crippen LogP contribution in [0.25, 0.3) is 11.3 Å². The Morgan fingerprint density at radius 2 is 2.19 bits per heavy atom. The smallest absolute Gasteiger partial charge is 0.121 e. The number of aliphatic hydroxyl groups excluding tert-OH is 1. The van der Waals surface area contributed by atoms with Crippen LogP contribution in [0.3, 0.4) is 0 Å². The number of hydrogen-bond donors (Lipinski definition) is 2. The molecule has 0 amide bonds. The van der Waals surface area contributed by atoms with Gasteiger partial charge in [0.2, 0.25) is 0 Å². The summed E-state index contributed by atoms with van der Waals surface area (Å²) >= 11 is 1.69. The zero-order chi connectivity index (χ0) is 15.1. The minimum atomic E-state index is 0.241. The second-order valence-corrected chi connectivity index (χ2v) is 5.83. The van der Waals surface area contributed by atoms with E-state index in [4.69, 9.17) is 9.84 Å². The fourth-order valence-corrected chi connectivity index (χ4v) is 2.93. The zero-order valence-electron chi connectivity index (χ0n) is 12.6. The Morgan fingerprint density at radius 1 is 1.33 bits per heavy atom. The van der Waals surface area contributed by atoms with Crippen molar-refractivity contribution in [2.24, 2.45) is 0 Å². The maximum absolute atomic E-state index is 8.71. The number of aromatic nitrogens is 1. The van der Waals surface area contributed by atoms with E-state index in [9.17, 15) is 0 Å². The van der Waals surface area contributed by atoms with Crippen molar-refractivity contribution in [1.82, 2.24) is 10.3 Å². The van der Waals surface area contributed by atoms with Crippen LogP contribution in [0.5, 0.6) is 5.75 Å². The molecule has 4 nitrogen and oxygen atoms in total. The summed E-state index contributed by atoms with van der Waals surface area (Å²) in [6.45, 7) is 4.03. The molecule has 2 rings (SSSR count). The van der Waals surface area contributed by atoms with Crippen molar-refractivity contribution in [3.05, 3.63) is 34.2 Å². The van der Waals surface area contributed by atoms with Crippen LogP contribution in [0, 0.1) is 6.92 Å². The van der Waals surface area contributed by atoms with Crippen molar-refractivity contribution in [3.8, 4) is 17.0 Å². The molecule has 0 unspecified atom stereocenters. The van der Waals surface area contributed by atoms with Gasteiger partial charge in [-0.15, -0.1) is 11.3 Å². The van der Waals surface area contributed by atoms with Gasteiger partial charge in [0.1, 0.15) is 5.75 Å². The molecule has 21 heavy (non-hydrogen) atoms. The van der Waals surface area contributed by atoms with Gasteiger partial charge >= 0.3 is 0 Å². The van der Waals surface area contributed by atoms with E-state index < -0.39 is 0 Å². The van der Waals surface area contributed by atoms with Crippen molar-refractivity contribution >= 4 is 11.3 Å². The lowest BCUT2D eigenvalue weighted by atomic mass is 10.1. The van der Waals surface area contributed by atoms with Crippen molar-refractivity contribution in [2.75, 3.05) is 26.8 Å². The molecular formula is C16H22N2O2S. The molecule has 0 saturated heterocycles. The van der Waals surface area contributed by atoms with E-state index in [0.717, 1.165) is 53.5 Å². The molecule has 1 aromatic heterocycles. The van der Waals surface area contributed by atoms with Crippen LogP contribution in [-0.2, 0) is 6.42 Å². The second-order valence-electron chi connectivity index (χ2n) is 4.89. The Balaban J connectivity index is 1.94. The van der Waals surface area contributed by atoms with Gasteiger partial charge in [-0.2, -0.15) is 0 Å². The Kier molecular flexibility index (Phi) is 6.17. The number of ether oxygens (including phenoxy) is 1. The van der Waals surface area contributed by atoms with Gasteiger partial charge in [0.15, 0.2) is 0 Å². The summed E-state index contributed by atoms with van der Waals surface area (Å²) in [5.41, 5.74) is 3.27. The first kappa shape index (κ1) is 15.9. The van der Waals surface area contributed by atoms with Crippen molar-refractivity contribution in [2.45, 2.75) is 19.8 Å². The summed E-state index contributed by atoms with van der Waals surface area (Å²) in [4.78, 5) is 4.68. The highest BCUT2D eigenvalue weighted by Gasteiger charge is 2.06. The summed E-state index contributed by atoms with van der Waals surface area (Å²) in [6.07, 6.45) is 1.72. The van der Waals surface area contributed by atoms with Crippen LogP contribution in [0.4, 0.5) is 0 Å². The number of thiazole rings is 1. The first-order valence-corrected chi connectivity index (χ1v) is 8.03. The number of aryl methyl sites for hydroxylation is 1. The van der Waals surface area contributed by atoms with E-state index in [2.05, 4.69) is 21.7 Å². The number of nitrogens with zero attached hydrogens (tertiary/aromatic N) is 1. The molecule has 5 heteroatoms. The van der Waals surface area contributed by atoms with E-state index in [1.54, 1.807) is 18.4 Å². The largest absolute Gasteiger partial charge is 0.496 e. The van der Waals surface area contributed by atoms with Crippen LogP contribution in [0.15, 0.2) is 23.6 Å². The first-order valence-electron chi connectivity index (χ1n) is 7.15. The molecule has 1 aromatic carbocycles. The Hall–Kier alpha value is -1.43. The average Bonchev–Trinajstić information content (AvgIpc) is 2.96. The Bertz CT molecular complexity index is 569. The van der Waals surface area contributed by atoms with Gasteiger partial charge in [0.25, 0.3) is 0 Å². The summed E-state index contributed by atoms with van der Waals surface area (Å²) in [5.74, 6) is 0.905. The van der Waals surface area contributed by atoms with Gasteiger partial charge in [0.05, 0.1) is 17.8 Å². The maximum atomic E-state index is 8.71. The van der Waals surface area contributed by atoms with E-state index in [-0.39, 0.29) is 6.61 Å². The quantitative estimate of drug-likeness (QED) is 0.736. The van der Waals surface area contributed by atoms with Crippen molar-refractivity contribution in [3.63, 3.8) is 0 Å². The van der Waals surface area contributed by atoms with Crippen LogP contribution in [0.1, 0.15) is 17.0 Å². The van der Waals surface area contributed by atoms with Gasteiger partial charge in [-0.3, -0.25) is 0 Å². The number of rotatable bonds is 8. The van der Waals surface area contributed by atoms with Gasteiger partial charge < -0.3 is 15.2 Å². The summed E-state index contributed by atoms with van der Waals surface area (Å²) < 4.78 is 5.28. The standard InChI is InChI=1S/C16H22N2O2S/c1-12-10-13(4-5-15(12)20-2)14-11-21-16(18-14)6-8-17-7-3-9-19/h4-5,10-11,17,19H,3,6-9H2,1-2H3. The van der Waals surface area contributed by atoms with Gasteiger partial charge in [-0.05, 0) is 43.7 Å². The molecule has 0 spiro atoms. The average molecular weight is 306 g/mol. The normalized spacial score (nSPS) is 10.8. The van der Waals surface area contributed by atoms with Crippen LogP contribution in [0.2, 0.25) is 0 Å². The molecule has 2 aromatic rings. The molecule has 0 atom stereocenters. The van der Waals surface area contributed by atoms with Crippen LogP contribution >= 0.6 is 11.3 Å². The lowest BCUT2D eigenvalue weighted by Crippen LogP contribution is -2.19. The lowest BCUT2D eigenvalue weighted by molar-refractivity contribution is 0.286. The SMILES string of the molecule is COc1ccc(-c2csc(CCNCCCO)n2)cc1C. The molecule has 0 fully saturated rings. The Labute approximate surface area is 129 Å². The molecule has 0 bridgehead atoms. The second kappa shape index (κ2) is 8.12. The summed E-state index contributed by atoms with van der Waals surface area (Å²) in [7, 11) is 1.69. The van der Waals surface area contributed by atoms with Gasteiger partial charge in [-0.25, -0.2) is 4.98 Å². The highest BCUT2D eigenvalue weighted by Crippen LogP contribution is 2.27. The monoisotopic (exact) mass is 306 g/mol. The zero-order valence-corrected chi connectivity index (χ0v) is 13.4. The molecular weight excluding hydrogens is 284 g/mol. The minimum Gasteiger partial charge on any atom is -0.496 e. The molecule has 114 valence electrons. The number of methoxy groups -OCH3 is 1. The van der Waals surface area contributed by atoms with E-state index in [0.29, 0.717) is 0 Å².